The molecule has 0 aromatic carbocycles. The zero-order chi connectivity index (χ0) is 9.47. The molecule has 0 bridgehead atoms. The molecule has 76 valence electrons. The molecule has 2 aliphatic rings. The van der Waals surface area contributed by atoms with Crippen molar-refractivity contribution in [3.8, 4) is 0 Å². The van der Waals surface area contributed by atoms with Gasteiger partial charge < -0.3 is 5.32 Å². The van der Waals surface area contributed by atoms with Crippen molar-refractivity contribution in [1.29, 1.82) is 0 Å². The maximum atomic E-state index is 11.9. The highest BCUT2D eigenvalue weighted by Crippen LogP contribution is 2.32. The highest BCUT2D eigenvalue weighted by Gasteiger charge is 2.42. The molecule has 1 saturated carbocycles. The van der Waals surface area contributed by atoms with Crippen LogP contribution < -0.4 is 5.32 Å². The lowest BCUT2D eigenvalue weighted by molar-refractivity contribution is 0.283. The molecule has 1 aliphatic carbocycles. The molecule has 2 rings (SSSR count). The lowest BCUT2D eigenvalue weighted by Gasteiger charge is -2.32. The molecule has 0 radical (unpaired) electrons. The maximum absolute atomic E-state index is 11.9. The molecular weight excluding hydrogens is 188 g/mol. The molecule has 1 aliphatic heterocycles. The first-order valence-electron chi connectivity index (χ1n) is 4.84. The molecule has 4 nitrogen and oxygen atoms in total. The van der Waals surface area contributed by atoms with Crippen molar-refractivity contribution in [2.75, 3.05) is 19.6 Å². The number of piperazine rings is 1. The normalized spacial score (nSPS) is 31.9. The fraction of sp³-hybridized carbons (Fsp3) is 1.00. The van der Waals surface area contributed by atoms with Crippen LogP contribution in [0.1, 0.15) is 19.8 Å². The van der Waals surface area contributed by atoms with E-state index in [1.165, 1.54) is 0 Å². The Balaban J connectivity index is 2.13. The van der Waals surface area contributed by atoms with Crippen LogP contribution in [0, 0.1) is 0 Å². The van der Waals surface area contributed by atoms with Crippen LogP contribution in [0.3, 0.4) is 0 Å². The van der Waals surface area contributed by atoms with E-state index >= 15 is 0 Å². The van der Waals surface area contributed by atoms with Crippen molar-refractivity contribution >= 4 is 10.0 Å². The van der Waals surface area contributed by atoms with E-state index in [0.29, 0.717) is 6.54 Å². The quantitative estimate of drug-likeness (QED) is 0.676. The predicted octanol–water partition coefficient (Wildman–Crippen LogP) is -0.228. The Hall–Kier alpha value is -0.130. The third-order valence-electron chi connectivity index (χ3n) is 2.71. The van der Waals surface area contributed by atoms with Gasteiger partial charge in [-0.15, -0.1) is 0 Å². The summed E-state index contributed by atoms with van der Waals surface area (Å²) in [6, 6.07) is 0.124. The monoisotopic (exact) mass is 204 g/mol. The van der Waals surface area contributed by atoms with E-state index in [0.717, 1.165) is 25.9 Å². The highest BCUT2D eigenvalue weighted by molar-refractivity contribution is 7.90. The van der Waals surface area contributed by atoms with Crippen molar-refractivity contribution in [3.05, 3.63) is 0 Å². The first-order valence-corrected chi connectivity index (χ1v) is 6.34. The average molecular weight is 204 g/mol. The number of nitrogens with one attached hydrogen (secondary N) is 1. The summed E-state index contributed by atoms with van der Waals surface area (Å²) in [6.07, 6.45) is 1.72. The van der Waals surface area contributed by atoms with Gasteiger partial charge in [0.05, 0.1) is 5.25 Å². The lowest BCUT2D eigenvalue weighted by Crippen LogP contribution is -2.53. The molecule has 1 unspecified atom stereocenters. The van der Waals surface area contributed by atoms with Crippen molar-refractivity contribution < 1.29 is 8.42 Å². The van der Waals surface area contributed by atoms with Crippen LogP contribution in [-0.2, 0) is 10.0 Å². The van der Waals surface area contributed by atoms with E-state index in [4.69, 9.17) is 0 Å². The third kappa shape index (κ3) is 1.73. The maximum Gasteiger partial charge on any atom is 0.217 e. The van der Waals surface area contributed by atoms with Gasteiger partial charge in [-0.2, -0.15) is 4.31 Å². The van der Waals surface area contributed by atoms with E-state index in [2.05, 4.69) is 5.32 Å². The van der Waals surface area contributed by atoms with Gasteiger partial charge in [0.2, 0.25) is 10.0 Å². The summed E-state index contributed by atoms with van der Waals surface area (Å²) in [7, 11) is -2.94. The second kappa shape index (κ2) is 3.22. The van der Waals surface area contributed by atoms with Gasteiger partial charge in [0.1, 0.15) is 0 Å². The number of rotatable bonds is 2. The lowest BCUT2D eigenvalue weighted by atomic mass is 10.3. The van der Waals surface area contributed by atoms with E-state index in [1.807, 2.05) is 6.92 Å². The smallest absolute Gasteiger partial charge is 0.217 e. The molecular formula is C8H16N2O2S. The minimum absolute atomic E-state index is 0.0620. The summed E-state index contributed by atoms with van der Waals surface area (Å²) >= 11 is 0. The molecule has 1 saturated heterocycles. The molecule has 5 heteroatoms. The van der Waals surface area contributed by atoms with Gasteiger partial charge >= 0.3 is 0 Å². The SMILES string of the molecule is CC1CNCCN1S(=O)(=O)C1CC1. The largest absolute Gasteiger partial charge is 0.314 e. The summed E-state index contributed by atoms with van der Waals surface area (Å²) in [5, 5.41) is 3.13. The van der Waals surface area contributed by atoms with Crippen LogP contribution >= 0.6 is 0 Å². The molecule has 0 amide bonds. The van der Waals surface area contributed by atoms with Gasteiger partial charge in [0.15, 0.2) is 0 Å². The Labute approximate surface area is 79.4 Å². The molecule has 0 aromatic rings. The van der Waals surface area contributed by atoms with Gasteiger partial charge in [-0.3, -0.25) is 0 Å². The minimum atomic E-state index is -2.94. The van der Waals surface area contributed by atoms with Crippen molar-refractivity contribution in [3.63, 3.8) is 0 Å². The van der Waals surface area contributed by atoms with Crippen molar-refractivity contribution in [2.45, 2.75) is 31.1 Å². The molecule has 2 fully saturated rings. The molecule has 1 atom stereocenters. The standard InChI is InChI=1S/C8H16N2O2S/c1-7-6-9-4-5-10(7)13(11,12)8-2-3-8/h7-9H,2-6H2,1H3. The fourth-order valence-electron chi connectivity index (χ4n) is 1.76. The van der Waals surface area contributed by atoms with Gasteiger partial charge in [-0.05, 0) is 19.8 Å². The van der Waals surface area contributed by atoms with Crippen LogP contribution in [0.25, 0.3) is 0 Å². The van der Waals surface area contributed by atoms with Gasteiger partial charge in [-0.1, -0.05) is 0 Å². The summed E-state index contributed by atoms with van der Waals surface area (Å²) in [4.78, 5) is 0. The van der Waals surface area contributed by atoms with Crippen LogP contribution in [0.4, 0.5) is 0 Å². The summed E-state index contributed by atoms with van der Waals surface area (Å²) in [5.74, 6) is 0. The van der Waals surface area contributed by atoms with E-state index in [-0.39, 0.29) is 11.3 Å². The highest BCUT2D eigenvalue weighted by atomic mass is 32.2. The second-order valence-electron chi connectivity index (χ2n) is 3.91. The van der Waals surface area contributed by atoms with Gasteiger partial charge in [0.25, 0.3) is 0 Å². The Morgan fingerprint density at radius 3 is 2.62 bits per heavy atom. The second-order valence-corrected chi connectivity index (χ2v) is 6.07. The predicted molar refractivity (Wildman–Crippen MR) is 51.0 cm³/mol. The Morgan fingerprint density at radius 1 is 1.38 bits per heavy atom. The summed E-state index contributed by atoms with van der Waals surface area (Å²) in [6.45, 7) is 4.17. The van der Waals surface area contributed by atoms with E-state index in [1.54, 1.807) is 4.31 Å². The van der Waals surface area contributed by atoms with Gasteiger partial charge in [-0.25, -0.2) is 8.42 Å². The van der Waals surface area contributed by atoms with Crippen LogP contribution in [0.15, 0.2) is 0 Å². The Bertz CT molecular complexity index is 285. The Morgan fingerprint density at radius 2 is 2.08 bits per heavy atom. The first kappa shape index (κ1) is 9.43. The first-order chi connectivity index (χ1) is 6.12. The zero-order valence-electron chi connectivity index (χ0n) is 7.86. The van der Waals surface area contributed by atoms with E-state index in [9.17, 15) is 8.42 Å². The molecule has 13 heavy (non-hydrogen) atoms. The topological polar surface area (TPSA) is 49.4 Å². The van der Waals surface area contributed by atoms with Crippen molar-refractivity contribution in [1.82, 2.24) is 9.62 Å². The summed E-state index contributed by atoms with van der Waals surface area (Å²) in [5.41, 5.74) is 0. The molecule has 1 heterocycles. The molecule has 1 N–H and O–H groups in total. The van der Waals surface area contributed by atoms with Crippen molar-refractivity contribution in [2.24, 2.45) is 0 Å². The van der Waals surface area contributed by atoms with E-state index < -0.39 is 10.0 Å². The van der Waals surface area contributed by atoms with Crippen LogP contribution in [-0.4, -0.2) is 43.6 Å². The molecule has 0 aromatic heterocycles. The van der Waals surface area contributed by atoms with Crippen LogP contribution in [0.5, 0.6) is 0 Å². The van der Waals surface area contributed by atoms with Crippen LogP contribution in [0.2, 0.25) is 0 Å². The number of hydrogen-bond donors (Lipinski definition) is 1. The summed E-state index contributed by atoms with van der Waals surface area (Å²) < 4.78 is 25.4. The number of nitrogens with zero attached hydrogens (tertiary/aromatic N) is 1. The average Bonchev–Trinajstić information content (AvgIpc) is 2.86. The Kier molecular flexibility index (Phi) is 2.33. The number of sulfonamides is 1. The number of hydrogen-bond acceptors (Lipinski definition) is 3. The van der Waals surface area contributed by atoms with Gasteiger partial charge in [0, 0.05) is 25.7 Å². The zero-order valence-corrected chi connectivity index (χ0v) is 8.68. The third-order valence-corrected chi connectivity index (χ3v) is 5.22. The fourth-order valence-corrected chi connectivity index (χ4v) is 3.79. The minimum Gasteiger partial charge on any atom is -0.314 e. The molecule has 0 spiro atoms.